The molecule has 0 aromatic carbocycles. The second-order valence-electron chi connectivity index (χ2n) is 3.45. The molecule has 0 fully saturated rings. The summed E-state index contributed by atoms with van der Waals surface area (Å²) in [5, 5.41) is 12.0. The van der Waals surface area contributed by atoms with Crippen molar-refractivity contribution in [2.45, 2.75) is 13.3 Å². The quantitative estimate of drug-likeness (QED) is 0.727. The Morgan fingerprint density at radius 1 is 1.62 bits per heavy atom. The van der Waals surface area contributed by atoms with E-state index < -0.39 is 0 Å². The molecule has 2 N–H and O–H groups in total. The molecule has 0 aliphatic rings. The lowest BCUT2D eigenvalue weighted by Gasteiger charge is -2.08. The number of aromatic amines is 1. The minimum absolute atomic E-state index is 0.203. The molecule has 1 rings (SSSR count). The van der Waals surface area contributed by atoms with Gasteiger partial charge in [0.15, 0.2) is 0 Å². The summed E-state index contributed by atoms with van der Waals surface area (Å²) in [4.78, 5) is 13.9. The fourth-order valence-electron chi connectivity index (χ4n) is 1.39. The molecule has 0 aliphatic heterocycles. The molecule has 0 atom stereocenters. The third-order valence-electron chi connectivity index (χ3n) is 2.18. The van der Waals surface area contributed by atoms with Gasteiger partial charge in [0.25, 0.3) is 0 Å². The number of nitriles is 1. The topological polar surface area (TPSA) is 77.9 Å². The molecular formula is C11H15N3O2. The molecular weight excluding hydrogens is 206 g/mol. The normalized spacial score (nSPS) is 9.81. The van der Waals surface area contributed by atoms with Crippen molar-refractivity contribution < 1.29 is 4.74 Å². The van der Waals surface area contributed by atoms with E-state index in [0.717, 1.165) is 6.42 Å². The van der Waals surface area contributed by atoms with Gasteiger partial charge in [0.05, 0.1) is 5.56 Å². The molecule has 0 spiro atoms. The van der Waals surface area contributed by atoms with Crippen LogP contribution in [0.1, 0.15) is 17.5 Å². The summed E-state index contributed by atoms with van der Waals surface area (Å²) in [6.45, 7) is 3.04. The van der Waals surface area contributed by atoms with Gasteiger partial charge in [-0.2, -0.15) is 5.26 Å². The van der Waals surface area contributed by atoms with Crippen LogP contribution in [0, 0.1) is 18.3 Å². The van der Waals surface area contributed by atoms with Crippen LogP contribution in [0.25, 0.3) is 0 Å². The zero-order valence-electron chi connectivity index (χ0n) is 9.46. The highest BCUT2D eigenvalue weighted by atomic mass is 16.5. The highest BCUT2D eigenvalue weighted by molar-refractivity contribution is 5.55. The summed E-state index contributed by atoms with van der Waals surface area (Å²) in [5.74, 6) is 0.489. The molecule has 1 aromatic rings. The SMILES string of the molecule is COCCCNc1[nH]c(=O)cc(C)c1C#N. The highest BCUT2D eigenvalue weighted by Crippen LogP contribution is 2.12. The van der Waals surface area contributed by atoms with Gasteiger partial charge in [-0.1, -0.05) is 0 Å². The molecule has 0 saturated heterocycles. The van der Waals surface area contributed by atoms with Crippen molar-refractivity contribution in [1.29, 1.82) is 5.26 Å². The monoisotopic (exact) mass is 221 g/mol. The van der Waals surface area contributed by atoms with Gasteiger partial charge in [-0.3, -0.25) is 4.79 Å². The van der Waals surface area contributed by atoms with Crippen molar-refractivity contribution >= 4 is 5.82 Å². The maximum absolute atomic E-state index is 11.2. The van der Waals surface area contributed by atoms with Crippen LogP contribution in [0.4, 0.5) is 5.82 Å². The van der Waals surface area contributed by atoms with Crippen LogP contribution in [-0.4, -0.2) is 25.2 Å². The zero-order valence-corrected chi connectivity index (χ0v) is 9.46. The first kappa shape index (κ1) is 12.3. The average Bonchev–Trinajstić information content (AvgIpc) is 2.24. The largest absolute Gasteiger partial charge is 0.385 e. The Kier molecular flexibility index (Phi) is 4.55. The lowest BCUT2D eigenvalue weighted by atomic mass is 10.1. The van der Waals surface area contributed by atoms with Crippen LogP contribution < -0.4 is 10.9 Å². The van der Waals surface area contributed by atoms with Gasteiger partial charge < -0.3 is 15.0 Å². The lowest BCUT2D eigenvalue weighted by Crippen LogP contribution is -2.14. The number of pyridine rings is 1. The van der Waals surface area contributed by atoms with E-state index >= 15 is 0 Å². The smallest absolute Gasteiger partial charge is 0.249 e. The Bertz CT molecular complexity index is 446. The molecule has 0 bridgehead atoms. The number of ether oxygens (including phenoxy) is 1. The predicted octanol–water partition coefficient (Wildman–Crippen LogP) is 1.00. The summed E-state index contributed by atoms with van der Waals surface area (Å²) in [6, 6.07) is 3.48. The van der Waals surface area contributed by atoms with Gasteiger partial charge in [-0.25, -0.2) is 0 Å². The lowest BCUT2D eigenvalue weighted by molar-refractivity contribution is 0.197. The summed E-state index contributed by atoms with van der Waals surface area (Å²) in [7, 11) is 1.63. The first-order valence-electron chi connectivity index (χ1n) is 5.06. The molecule has 0 amide bonds. The molecule has 1 heterocycles. The van der Waals surface area contributed by atoms with Crippen molar-refractivity contribution in [1.82, 2.24) is 4.98 Å². The number of hydrogen-bond acceptors (Lipinski definition) is 4. The Morgan fingerprint density at radius 3 is 3.00 bits per heavy atom. The van der Waals surface area contributed by atoms with Crippen LogP contribution in [0.5, 0.6) is 0 Å². The number of rotatable bonds is 5. The number of anilines is 1. The van der Waals surface area contributed by atoms with Crippen LogP contribution in [-0.2, 0) is 4.74 Å². The maximum Gasteiger partial charge on any atom is 0.249 e. The van der Waals surface area contributed by atoms with Crippen LogP contribution >= 0.6 is 0 Å². The number of methoxy groups -OCH3 is 1. The number of H-pyrrole nitrogens is 1. The Morgan fingerprint density at radius 2 is 2.38 bits per heavy atom. The first-order valence-corrected chi connectivity index (χ1v) is 5.06. The average molecular weight is 221 g/mol. The van der Waals surface area contributed by atoms with E-state index in [4.69, 9.17) is 10.00 Å². The summed E-state index contributed by atoms with van der Waals surface area (Å²) in [6.07, 6.45) is 0.817. The van der Waals surface area contributed by atoms with Gasteiger partial charge in [0.1, 0.15) is 11.9 Å². The molecule has 0 radical (unpaired) electrons. The maximum atomic E-state index is 11.2. The molecule has 0 saturated carbocycles. The molecule has 0 aliphatic carbocycles. The molecule has 5 nitrogen and oxygen atoms in total. The fraction of sp³-hybridized carbons (Fsp3) is 0.455. The second kappa shape index (κ2) is 5.93. The van der Waals surface area contributed by atoms with E-state index in [-0.39, 0.29) is 5.56 Å². The zero-order chi connectivity index (χ0) is 12.0. The number of aryl methyl sites for hydroxylation is 1. The van der Waals surface area contributed by atoms with Crippen LogP contribution in [0.15, 0.2) is 10.9 Å². The third kappa shape index (κ3) is 3.11. The minimum Gasteiger partial charge on any atom is -0.385 e. The van der Waals surface area contributed by atoms with Gasteiger partial charge in [0, 0.05) is 26.3 Å². The summed E-state index contributed by atoms with van der Waals surface area (Å²) >= 11 is 0. The van der Waals surface area contributed by atoms with E-state index in [0.29, 0.717) is 30.1 Å². The van der Waals surface area contributed by atoms with Gasteiger partial charge in [0.2, 0.25) is 5.56 Å². The van der Waals surface area contributed by atoms with Gasteiger partial charge in [-0.15, -0.1) is 0 Å². The summed E-state index contributed by atoms with van der Waals surface area (Å²) in [5.41, 5.74) is 0.961. The Labute approximate surface area is 94.1 Å². The van der Waals surface area contributed by atoms with Crippen molar-refractivity contribution in [3.63, 3.8) is 0 Å². The van der Waals surface area contributed by atoms with Crippen LogP contribution in [0.3, 0.4) is 0 Å². The minimum atomic E-state index is -0.203. The molecule has 0 unspecified atom stereocenters. The van der Waals surface area contributed by atoms with Crippen molar-refractivity contribution in [3.05, 3.63) is 27.5 Å². The first-order chi connectivity index (χ1) is 7.69. The number of hydrogen-bond donors (Lipinski definition) is 2. The standard InChI is InChI=1S/C11H15N3O2/c1-8-6-10(15)14-11(9(8)7-12)13-4-3-5-16-2/h6H,3-5H2,1-2H3,(H2,13,14,15). The van der Waals surface area contributed by atoms with Crippen molar-refractivity contribution in [2.24, 2.45) is 0 Å². The number of nitrogens with zero attached hydrogens (tertiary/aromatic N) is 1. The van der Waals surface area contributed by atoms with E-state index in [2.05, 4.69) is 16.4 Å². The van der Waals surface area contributed by atoms with E-state index in [1.807, 2.05) is 0 Å². The molecule has 1 aromatic heterocycles. The van der Waals surface area contributed by atoms with E-state index in [1.165, 1.54) is 6.07 Å². The van der Waals surface area contributed by atoms with Crippen LogP contribution in [0.2, 0.25) is 0 Å². The van der Waals surface area contributed by atoms with Gasteiger partial charge in [-0.05, 0) is 18.9 Å². The third-order valence-corrected chi connectivity index (χ3v) is 2.18. The Balaban J connectivity index is 2.79. The fourth-order valence-corrected chi connectivity index (χ4v) is 1.39. The molecule has 86 valence electrons. The van der Waals surface area contributed by atoms with E-state index in [1.54, 1.807) is 14.0 Å². The predicted molar refractivity (Wildman–Crippen MR) is 61.5 cm³/mol. The molecule has 16 heavy (non-hydrogen) atoms. The van der Waals surface area contributed by atoms with Crippen molar-refractivity contribution in [2.75, 3.05) is 25.6 Å². The van der Waals surface area contributed by atoms with Gasteiger partial charge >= 0.3 is 0 Å². The number of nitrogens with one attached hydrogen (secondary N) is 2. The Hall–Kier alpha value is -1.80. The van der Waals surface area contributed by atoms with E-state index in [9.17, 15) is 4.79 Å². The summed E-state index contributed by atoms with van der Waals surface area (Å²) < 4.78 is 4.91. The number of aromatic nitrogens is 1. The molecule has 5 heteroatoms. The second-order valence-corrected chi connectivity index (χ2v) is 3.45. The highest BCUT2D eigenvalue weighted by Gasteiger charge is 2.06. The van der Waals surface area contributed by atoms with Crippen molar-refractivity contribution in [3.8, 4) is 6.07 Å².